The van der Waals surface area contributed by atoms with Crippen molar-refractivity contribution in [2.24, 2.45) is 11.3 Å². The lowest BCUT2D eigenvalue weighted by Gasteiger charge is -2.35. The number of hydrogen-bond donors (Lipinski definition) is 3. The maximum atomic E-state index is 14.8. The molecule has 0 radical (unpaired) electrons. The minimum absolute atomic E-state index is 0.0803. The molecule has 298 valence electrons. The molecule has 4 aliphatic rings. The van der Waals surface area contributed by atoms with Crippen LogP contribution in [0, 0.1) is 11.3 Å². The van der Waals surface area contributed by atoms with Crippen LogP contribution in [0.1, 0.15) is 78.2 Å². The molecule has 1 saturated heterocycles. The first-order valence-electron chi connectivity index (χ1n) is 19.1. The van der Waals surface area contributed by atoms with Crippen LogP contribution in [-0.2, 0) is 29.1 Å². The molecule has 7 rings (SSSR count). The van der Waals surface area contributed by atoms with E-state index in [-0.39, 0.29) is 25.5 Å². The number of carbonyl (C=O) groups excluding carboxylic acids is 4. The highest BCUT2D eigenvalue weighted by molar-refractivity contribution is 7.91. The molecule has 56 heavy (non-hydrogen) atoms. The number of nitrogens with one attached hydrogen (secondary N) is 3. The van der Waals surface area contributed by atoms with Gasteiger partial charge in [0, 0.05) is 34.9 Å². The van der Waals surface area contributed by atoms with E-state index < -0.39 is 79.6 Å². The Morgan fingerprint density at radius 1 is 1.02 bits per heavy atom. The molecule has 16 heteroatoms. The van der Waals surface area contributed by atoms with Crippen molar-refractivity contribution < 1.29 is 32.3 Å². The van der Waals surface area contributed by atoms with E-state index in [0.717, 1.165) is 25.7 Å². The summed E-state index contributed by atoms with van der Waals surface area (Å²) < 4.78 is 34.7. The third kappa shape index (κ3) is 7.80. The van der Waals surface area contributed by atoms with Crippen molar-refractivity contribution in [1.82, 2.24) is 30.0 Å². The zero-order valence-corrected chi connectivity index (χ0v) is 33.2. The van der Waals surface area contributed by atoms with Gasteiger partial charge in [-0.05, 0) is 68.6 Å². The van der Waals surface area contributed by atoms with E-state index in [1.165, 1.54) is 15.7 Å². The molecule has 3 saturated carbocycles. The zero-order chi connectivity index (χ0) is 40.2. The number of likely N-dealkylation sites (tertiary alicyclic amines) is 1. The summed E-state index contributed by atoms with van der Waals surface area (Å²) in [5, 5.41) is 11.2. The smallest absolute Gasteiger partial charge is 0.408 e. The number of ether oxygens (including phenoxy) is 1. The Labute approximate surface area is 330 Å². The van der Waals surface area contributed by atoms with E-state index in [0.29, 0.717) is 39.9 Å². The molecule has 1 aliphatic heterocycles. The first kappa shape index (κ1) is 39.5. The van der Waals surface area contributed by atoms with Crippen molar-refractivity contribution >= 4 is 56.2 Å². The first-order chi connectivity index (χ1) is 26.5. The zero-order valence-electron chi connectivity index (χ0n) is 31.6. The SMILES string of the molecule is C=C[C@@H]1C[C@]1(NC(=O)[C@@H]1C[C@@H](n2nc(-c3ccc(Cl)cc3)c3ccccc3c2=O)CN1C(=O)[C@@H](NC(=O)OC1CCCC1)C(C)(C)C)C(=O)NS(=O)(=O)C1CC1. The van der Waals surface area contributed by atoms with Crippen LogP contribution in [0.25, 0.3) is 22.0 Å². The van der Waals surface area contributed by atoms with Crippen LogP contribution >= 0.6 is 11.6 Å². The van der Waals surface area contributed by atoms with Crippen LogP contribution in [0.2, 0.25) is 5.02 Å². The molecule has 0 unspecified atom stereocenters. The summed E-state index contributed by atoms with van der Waals surface area (Å²) in [7, 11) is -3.94. The van der Waals surface area contributed by atoms with Gasteiger partial charge in [-0.1, -0.05) is 68.8 Å². The monoisotopic (exact) mass is 806 g/mol. The second-order valence-corrected chi connectivity index (χ2v) is 18.9. The summed E-state index contributed by atoms with van der Waals surface area (Å²) in [4.78, 5) is 71.6. The van der Waals surface area contributed by atoms with Crippen LogP contribution in [0.3, 0.4) is 0 Å². The second kappa shape index (κ2) is 15.0. The van der Waals surface area contributed by atoms with Crippen LogP contribution in [0.15, 0.2) is 66.0 Å². The molecule has 4 amide bonds. The van der Waals surface area contributed by atoms with Crippen LogP contribution in [0.5, 0.6) is 0 Å². The molecular weight excluding hydrogens is 760 g/mol. The third-order valence-electron chi connectivity index (χ3n) is 11.4. The van der Waals surface area contributed by atoms with Crippen molar-refractivity contribution in [3.8, 4) is 11.3 Å². The third-order valence-corrected chi connectivity index (χ3v) is 13.4. The van der Waals surface area contributed by atoms with Crippen LogP contribution in [-0.4, -0.2) is 82.4 Å². The number of hydrogen-bond acceptors (Lipinski definition) is 9. The highest BCUT2D eigenvalue weighted by Crippen LogP contribution is 2.46. The van der Waals surface area contributed by atoms with Crippen molar-refractivity contribution in [3.63, 3.8) is 0 Å². The maximum absolute atomic E-state index is 14.8. The number of amides is 4. The van der Waals surface area contributed by atoms with Crippen molar-refractivity contribution in [2.75, 3.05) is 6.54 Å². The van der Waals surface area contributed by atoms with E-state index in [1.807, 2.05) is 0 Å². The van der Waals surface area contributed by atoms with Gasteiger partial charge in [0.2, 0.25) is 21.8 Å². The van der Waals surface area contributed by atoms with Gasteiger partial charge in [0.15, 0.2) is 0 Å². The van der Waals surface area contributed by atoms with Crippen molar-refractivity contribution in [2.45, 2.75) is 107 Å². The topological polar surface area (TPSA) is 186 Å². The highest BCUT2D eigenvalue weighted by Gasteiger charge is 2.62. The summed E-state index contributed by atoms with van der Waals surface area (Å²) in [5.41, 5.74) is -1.72. The fraction of sp³-hybridized carbons (Fsp3) is 0.500. The Balaban J connectivity index is 1.25. The predicted octanol–water partition coefficient (Wildman–Crippen LogP) is 4.61. The number of fused-ring (bicyclic) bond motifs is 1. The predicted molar refractivity (Wildman–Crippen MR) is 210 cm³/mol. The Morgan fingerprint density at radius 3 is 2.29 bits per heavy atom. The lowest BCUT2D eigenvalue weighted by atomic mass is 9.85. The lowest BCUT2D eigenvalue weighted by Crippen LogP contribution is -2.60. The van der Waals surface area contributed by atoms with E-state index in [9.17, 15) is 32.4 Å². The molecule has 14 nitrogen and oxygen atoms in total. The van der Waals surface area contributed by atoms with Crippen molar-refractivity contribution in [1.29, 1.82) is 0 Å². The molecule has 3 N–H and O–H groups in total. The average Bonchev–Trinajstić information content (AvgIpc) is 4.03. The number of carbonyl (C=O) groups is 4. The van der Waals surface area contributed by atoms with Gasteiger partial charge < -0.3 is 20.3 Å². The van der Waals surface area contributed by atoms with Crippen molar-refractivity contribution in [3.05, 3.63) is 76.6 Å². The number of alkyl carbamates (subject to hydrolysis) is 1. The molecule has 4 fully saturated rings. The van der Waals surface area contributed by atoms with E-state index in [2.05, 4.69) is 21.9 Å². The Kier molecular flexibility index (Phi) is 10.5. The molecule has 5 atom stereocenters. The van der Waals surface area contributed by atoms with Crippen LogP contribution < -0.4 is 20.9 Å². The van der Waals surface area contributed by atoms with E-state index in [4.69, 9.17) is 21.4 Å². The van der Waals surface area contributed by atoms with Gasteiger partial charge in [-0.3, -0.25) is 23.9 Å². The van der Waals surface area contributed by atoms with Gasteiger partial charge in [0.05, 0.1) is 22.4 Å². The Morgan fingerprint density at radius 2 is 1.68 bits per heavy atom. The number of aromatic nitrogens is 2. The summed E-state index contributed by atoms with van der Waals surface area (Å²) in [6.07, 6.45) is 4.70. The quantitative estimate of drug-likeness (QED) is 0.233. The summed E-state index contributed by atoms with van der Waals surface area (Å²) in [6, 6.07) is 10.8. The number of sulfonamides is 1. The fourth-order valence-electron chi connectivity index (χ4n) is 7.90. The molecule has 2 heterocycles. The molecule has 3 aliphatic carbocycles. The number of benzene rings is 2. The van der Waals surface area contributed by atoms with Gasteiger partial charge in [0.25, 0.3) is 11.5 Å². The number of nitrogens with zero attached hydrogens (tertiary/aromatic N) is 3. The minimum atomic E-state index is -3.94. The second-order valence-electron chi connectivity index (χ2n) is 16.5. The number of halogens is 1. The summed E-state index contributed by atoms with van der Waals surface area (Å²) in [5.74, 6) is -2.76. The average molecular weight is 807 g/mol. The van der Waals surface area contributed by atoms with E-state index >= 15 is 0 Å². The summed E-state index contributed by atoms with van der Waals surface area (Å²) >= 11 is 6.19. The number of rotatable bonds is 11. The van der Waals surface area contributed by atoms with Gasteiger partial charge in [-0.25, -0.2) is 17.9 Å². The van der Waals surface area contributed by atoms with Gasteiger partial charge in [-0.15, -0.1) is 6.58 Å². The largest absolute Gasteiger partial charge is 0.446 e. The molecule has 3 aromatic rings. The molecule has 0 spiro atoms. The molecule has 2 aromatic carbocycles. The van der Waals surface area contributed by atoms with Gasteiger partial charge in [0.1, 0.15) is 23.7 Å². The van der Waals surface area contributed by atoms with Gasteiger partial charge in [-0.2, -0.15) is 5.10 Å². The Bertz CT molecular complexity index is 2250. The maximum Gasteiger partial charge on any atom is 0.408 e. The Hall–Kier alpha value is -4.76. The molecule has 1 aromatic heterocycles. The van der Waals surface area contributed by atoms with Crippen LogP contribution in [0.4, 0.5) is 4.79 Å². The summed E-state index contributed by atoms with van der Waals surface area (Å²) in [6.45, 7) is 8.97. The van der Waals surface area contributed by atoms with Gasteiger partial charge >= 0.3 is 6.09 Å². The highest BCUT2D eigenvalue weighted by atomic mass is 35.5. The molecule has 0 bridgehead atoms. The van der Waals surface area contributed by atoms with E-state index in [1.54, 1.807) is 69.3 Å². The standard InChI is InChI=1S/C40H47ClN6O8S/c1-5-24-21-40(24,37(51)45-56(53,54)28-18-19-28)43-34(48)31-20-26(22-46(31)36(50)33(39(2,3)4)42-38(52)55-27-10-6-7-11-27)47-35(49)30-13-9-8-12-29(30)32(44-47)23-14-16-25(41)17-15-23/h5,8-9,12-17,24,26-28,31,33H,1,6-7,10-11,18-22H2,2-4H3,(H,42,52)(H,43,48)(H,45,51)/t24-,26-,31+,33-,40-/m1/s1. The lowest BCUT2D eigenvalue weighted by molar-refractivity contribution is -0.142. The first-order valence-corrected chi connectivity index (χ1v) is 21.0. The minimum Gasteiger partial charge on any atom is -0.446 e. The fourth-order valence-corrected chi connectivity index (χ4v) is 9.39. The normalized spacial score (nSPS) is 24.4. The molecular formula is C40H47ClN6O8S.